The van der Waals surface area contributed by atoms with E-state index in [9.17, 15) is 9.59 Å². The summed E-state index contributed by atoms with van der Waals surface area (Å²) in [5.41, 5.74) is 5.32. The number of carboxylic acid groups (broad SMARTS) is 1. The molecule has 0 aliphatic carbocycles. The van der Waals surface area contributed by atoms with Gasteiger partial charge in [0.05, 0.1) is 12.1 Å². The molecule has 6 heteroatoms. The molecule has 0 rings (SSSR count). The van der Waals surface area contributed by atoms with Gasteiger partial charge in [-0.25, -0.2) is 0 Å². The third-order valence-electron chi connectivity index (χ3n) is 1.35. The number of hydrogen-bond acceptors (Lipinski definition) is 4. The lowest BCUT2D eigenvalue weighted by molar-refractivity contribution is -0.137. The molecular formula is C7H11N3O3. The van der Waals surface area contributed by atoms with Crippen molar-refractivity contribution in [2.24, 2.45) is 5.73 Å². The lowest BCUT2D eigenvalue weighted by atomic mass is 10.1. The van der Waals surface area contributed by atoms with Gasteiger partial charge in [-0.05, 0) is 6.42 Å². The maximum Gasteiger partial charge on any atom is 0.303 e. The van der Waals surface area contributed by atoms with E-state index in [1.54, 1.807) is 6.07 Å². The third kappa shape index (κ3) is 5.64. The number of rotatable bonds is 5. The SMILES string of the molecule is N#CCNC(=O)C(N)CCC(=O)O. The molecule has 0 fully saturated rings. The normalized spacial score (nSPS) is 11.4. The van der Waals surface area contributed by atoms with Gasteiger partial charge in [0.2, 0.25) is 5.91 Å². The van der Waals surface area contributed by atoms with Gasteiger partial charge in [0.15, 0.2) is 0 Å². The molecule has 0 saturated heterocycles. The van der Waals surface area contributed by atoms with Crippen LogP contribution in [0.15, 0.2) is 0 Å². The minimum atomic E-state index is -0.997. The van der Waals surface area contributed by atoms with Gasteiger partial charge in [-0.3, -0.25) is 9.59 Å². The topological polar surface area (TPSA) is 116 Å². The van der Waals surface area contributed by atoms with Crippen LogP contribution in [-0.4, -0.2) is 29.6 Å². The van der Waals surface area contributed by atoms with Crippen LogP contribution in [-0.2, 0) is 9.59 Å². The fourth-order valence-electron chi connectivity index (χ4n) is 0.668. The van der Waals surface area contributed by atoms with Crippen LogP contribution in [0.25, 0.3) is 0 Å². The first-order chi connectivity index (χ1) is 6.07. The molecule has 1 amide bonds. The fraction of sp³-hybridized carbons (Fsp3) is 0.571. The number of aliphatic carboxylic acids is 1. The lowest BCUT2D eigenvalue weighted by Crippen LogP contribution is -2.40. The number of nitrogens with one attached hydrogen (secondary N) is 1. The molecule has 1 atom stereocenters. The number of hydrogen-bond donors (Lipinski definition) is 3. The first-order valence-corrected chi connectivity index (χ1v) is 3.70. The maximum absolute atomic E-state index is 10.9. The minimum Gasteiger partial charge on any atom is -0.481 e. The predicted molar refractivity (Wildman–Crippen MR) is 43.5 cm³/mol. The van der Waals surface area contributed by atoms with E-state index in [1.165, 1.54) is 0 Å². The van der Waals surface area contributed by atoms with Crippen molar-refractivity contribution in [3.8, 4) is 6.07 Å². The molecule has 0 aliphatic rings. The Bertz CT molecular complexity index is 234. The van der Waals surface area contributed by atoms with Crippen LogP contribution >= 0.6 is 0 Å². The van der Waals surface area contributed by atoms with E-state index in [-0.39, 0.29) is 19.4 Å². The van der Waals surface area contributed by atoms with Gasteiger partial charge in [-0.15, -0.1) is 0 Å². The molecule has 0 aromatic carbocycles. The van der Waals surface area contributed by atoms with Crippen molar-refractivity contribution in [1.29, 1.82) is 5.26 Å². The number of carbonyl (C=O) groups is 2. The number of nitriles is 1. The largest absolute Gasteiger partial charge is 0.481 e. The van der Waals surface area contributed by atoms with Gasteiger partial charge in [-0.1, -0.05) is 0 Å². The summed E-state index contributed by atoms with van der Waals surface area (Å²) in [7, 11) is 0. The van der Waals surface area contributed by atoms with Gasteiger partial charge >= 0.3 is 5.97 Å². The molecule has 0 radical (unpaired) electrons. The minimum absolute atomic E-state index is 0.0760. The summed E-state index contributed by atoms with van der Waals surface area (Å²) in [6, 6.07) is 0.858. The molecule has 13 heavy (non-hydrogen) atoms. The second-order valence-electron chi connectivity index (χ2n) is 2.41. The molecule has 0 aromatic rings. The first-order valence-electron chi connectivity index (χ1n) is 3.70. The van der Waals surface area contributed by atoms with Crippen LogP contribution in [0.4, 0.5) is 0 Å². The molecule has 4 N–H and O–H groups in total. The van der Waals surface area contributed by atoms with Gasteiger partial charge in [0, 0.05) is 6.42 Å². The predicted octanol–water partition coefficient (Wildman–Crippen LogP) is -1.18. The van der Waals surface area contributed by atoms with Crippen LogP contribution in [0.1, 0.15) is 12.8 Å². The Hall–Kier alpha value is -1.61. The summed E-state index contributed by atoms with van der Waals surface area (Å²) in [6.07, 6.45) is -0.0757. The van der Waals surface area contributed by atoms with Crippen molar-refractivity contribution < 1.29 is 14.7 Å². The highest BCUT2D eigenvalue weighted by molar-refractivity contribution is 5.82. The molecular weight excluding hydrogens is 174 g/mol. The van der Waals surface area contributed by atoms with Crippen molar-refractivity contribution in [2.75, 3.05) is 6.54 Å². The Morgan fingerprint density at radius 1 is 1.62 bits per heavy atom. The highest BCUT2D eigenvalue weighted by Crippen LogP contribution is 1.94. The second-order valence-corrected chi connectivity index (χ2v) is 2.41. The molecule has 72 valence electrons. The summed E-state index contributed by atoms with van der Waals surface area (Å²) in [6.45, 7) is -0.112. The highest BCUT2D eigenvalue weighted by atomic mass is 16.4. The zero-order valence-corrected chi connectivity index (χ0v) is 6.99. The number of carbonyl (C=O) groups excluding carboxylic acids is 1. The summed E-state index contributed by atoms with van der Waals surface area (Å²) >= 11 is 0. The van der Waals surface area contributed by atoms with Crippen LogP contribution < -0.4 is 11.1 Å². The Balaban J connectivity index is 3.70. The van der Waals surface area contributed by atoms with Crippen molar-refractivity contribution in [1.82, 2.24) is 5.32 Å². The van der Waals surface area contributed by atoms with Crippen molar-refractivity contribution in [3.63, 3.8) is 0 Å². The molecule has 0 aliphatic heterocycles. The summed E-state index contributed by atoms with van der Waals surface area (Å²) < 4.78 is 0. The molecule has 0 aromatic heterocycles. The molecule has 0 spiro atoms. The van der Waals surface area contributed by atoms with Crippen LogP contribution in [0.3, 0.4) is 0 Å². The average Bonchev–Trinajstić information content (AvgIpc) is 2.10. The first kappa shape index (κ1) is 11.4. The third-order valence-corrected chi connectivity index (χ3v) is 1.35. The number of carboxylic acids is 1. The monoisotopic (exact) mass is 185 g/mol. The van der Waals surface area contributed by atoms with Gasteiger partial charge in [-0.2, -0.15) is 5.26 Å². The summed E-state index contributed by atoms with van der Waals surface area (Å²) in [5.74, 6) is -1.49. The molecule has 0 saturated carbocycles. The lowest BCUT2D eigenvalue weighted by Gasteiger charge is -2.08. The quantitative estimate of drug-likeness (QED) is 0.466. The van der Waals surface area contributed by atoms with Crippen LogP contribution in [0, 0.1) is 11.3 Å². The Kier molecular flexibility index (Phi) is 5.23. The van der Waals surface area contributed by atoms with E-state index in [2.05, 4.69) is 5.32 Å². The molecule has 6 nitrogen and oxygen atoms in total. The van der Waals surface area contributed by atoms with E-state index in [0.717, 1.165) is 0 Å². The fourth-order valence-corrected chi connectivity index (χ4v) is 0.668. The average molecular weight is 185 g/mol. The molecule has 0 heterocycles. The molecule has 1 unspecified atom stereocenters. The molecule has 0 bridgehead atoms. The Morgan fingerprint density at radius 3 is 2.69 bits per heavy atom. The highest BCUT2D eigenvalue weighted by Gasteiger charge is 2.13. The van der Waals surface area contributed by atoms with Gasteiger partial charge < -0.3 is 16.2 Å². The standard InChI is InChI=1S/C7H11N3O3/c8-3-4-10-7(13)5(9)1-2-6(11)12/h5H,1-2,4,9H2,(H,10,13)(H,11,12). The van der Waals surface area contributed by atoms with Gasteiger partial charge in [0.1, 0.15) is 6.54 Å². The van der Waals surface area contributed by atoms with E-state index >= 15 is 0 Å². The smallest absolute Gasteiger partial charge is 0.303 e. The van der Waals surface area contributed by atoms with E-state index in [4.69, 9.17) is 16.1 Å². The number of nitrogens with zero attached hydrogens (tertiary/aromatic N) is 1. The van der Waals surface area contributed by atoms with E-state index in [1.807, 2.05) is 0 Å². The summed E-state index contributed by atoms with van der Waals surface area (Å²) in [5, 5.41) is 18.6. The van der Waals surface area contributed by atoms with E-state index in [0.29, 0.717) is 0 Å². The Morgan fingerprint density at radius 2 is 2.23 bits per heavy atom. The zero-order valence-electron chi connectivity index (χ0n) is 6.99. The van der Waals surface area contributed by atoms with E-state index < -0.39 is 17.9 Å². The van der Waals surface area contributed by atoms with Gasteiger partial charge in [0.25, 0.3) is 0 Å². The second kappa shape index (κ2) is 5.97. The maximum atomic E-state index is 10.9. The van der Waals surface area contributed by atoms with Crippen molar-refractivity contribution in [2.45, 2.75) is 18.9 Å². The number of nitrogens with two attached hydrogens (primary N) is 1. The van der Waals surface area contributed by atoms with Crippen LogP contribution in [0.5, 0.6) is 0 Å². The van der Waals surface area contributed by atoms with Crippen LogP contribution in [0.2, 0.25) is 0 Å². The zero-order chi connectivity index (χ0) is 10.3. The van der Waals surface area contributed by atoms with Crippen molar-refractivity contribution in [3.05, 3.63) is 0 Å². The van der Waals surface area contributed by atoms with Crippen molar-refractivity contribution >= 4 is 11.9 Å². The Labute approximate surface area is 75.3 Å². The number of amides is 1. The summed E-state index contributed by atoms with van der Waals surface area (Å²) in [4.78, 5) is 21.0.